The van der Waals surface area contributed by atoms with Crippen LogP contribution in [0.3, 0.4) is 0 Å². The molecule has 1 unspecified atom stereocenters. The van der Waals surface area contributed by atoms with Crippen LogP contribution in [0.15, 0.2) is 24.3 Å². The Balaban J connectivity index is 0.00000112. The molecule has 84 valence electrons. The molecule has 0 bridgehead atoms. The van der Waals surface area contributed by atoms with Crippen LogP contribution in [-0.2, 0) is 4.74 Å². The molecule has 1 aliphatic heterocycles. The van der Waals surface area contributed by atoms with Crippen LogP contribution in [0.4, 0.5) is 0 Å². The summed E-state index contributed by atoms with van der Waals surface area (Å²) in [4.78, 5) is 0. The molecule has 1 heterocycles. The minimum absolute atomic E-state index is 0. The van der Waals surface area contributed by atoms with E-state index >= 15 is 0 Å². The van der Waals surface area contributed by atoms with Crippen LogP contribution >= 0.6 is 12.4 Å². The van der Waals surface area contributed by atoms with Crippen LogP contribution in [0.1, 0.15) is 11.7 Å². The number of halogens is 1. The second-order valence-corrected chi connectivity index (χ2v) is 3.34. The van der Waals surface area contributed by atoms with Gasteiger partial charge in [0.2, 0.25) is 0 Å². The fourth-order valence-corrected chi connectivity index (χ4v) is 1.62. The average molecular weight is 230 g/mol. The molecule has 1 aliphatic rings. The first-order valence-electron chi connectivity index (χ1n) is 4.86. The molecule has 1 atom stereocenters. The van der Waals surface area contributed by atoms with E-state index in [-0.39, 0.29) is 18.5 Å². The van der Waals surface area contributed by atoms with E-state index < -0.39 is 0 Å². The van der Waals surface area contributed by atoms with Gasteiger partial charge < -0.3 is 14.8 Å². The molecule has 2 rings (SSSR count). The van der Waals surface area contributed by atoms with Gasteiger partial charge in [-0.25, -0.2) is 0 Å². The number of rotatable bonds is 2. The van der Waals surface area contributed by atoms with Crippen molar-refractivity contribution in [1.82, 2.24) is 5.32 Å². The summed E-state index contributed by atoms with van der Waals surface area (Å²) in [6.07, 6.45) is 0.166. The van der Waals surface area contributed by atoms with E-state index in [1.165, 1.54) is 5.56 Å². The molecule has 1 fully saturated rings. The molecule has 1 saturated heterocycles. The van der Waals surface area contributed by atoms with E-state index in [0.29, 0.717) is 0 Å². The maximum atomic E-state index is 5.65. The molecule has 0 saturated carbocycles. The number of hydrogen-bond acceptors (Lipinski definition) is 3. The Kier molecular flexibility index (Phi) is 4.88. The zero-order valence-electron chi connectivity index (χ0n) is 8.73. The molecular formula is C11H16ClNO2. The monoisotopic (exact) mass is 229 g/mol. The average Bonchev–Trinajstić information content (AvgIpc) is 2.30. The first-order valence-corrected chi connectivity index (χ1v) is 4.86. The number of nitrogens with one attached hydrogen (secondary N) is 1. The lowest BCUT2D eigenvalue weighted by atomic mass is 10.1. The molecule has 0 spiro atoms. The van der Waals surface area contributed by atoms with Gasteiger partial charge in [-0.15, -0.1) is 12.4 Å². The summed E-state index contributed by atoms with van der Waals surface area (Å²) < 4.78 is 10.8. The largest absolute Gasteiger partial charge is 0.497 e. The molecule has 1 N–H and O–H groups in total. The predicted molar refractivity (Wildman–Crippen MR) is 61.8 cm³/mol. The Hall–Kier alpha value is -0.770. The van der Waals surface area contributed by atoms with Crippen LogP contribution < -0.4 is 10.1 Å². The molecule has 4 heteroatoms. The summed E-state index contributed by atoms with van der Waals surface area (Å²) in [7, 11) is 1.68. The summed E-state index contributed by atoms with van der Waals surface area (Å²) in [5.41, 5.74) is 1.18. The first kappa shape index (κ1) is 12.3. The van der Waals surface area contributed by atoms with Crippen molar-refractivity contribution in [2.45, 2.75) is 6.10 Å². The second-order valence-electron chi connectivity index (χ2n) is 3.34. The fraction of sp³-hybridized carbons (Fsp3) is 0.455. The Morgan fingerprint density at radius 3 is 3.00 bits per heavy atom. The third kappa shape index (κ3) is 3.09. The van der Waals surface area contributed by atoms with Crippen LogP contribution in [0, 0.1) is 0 Å². The highest BCUT2D eigenvalue weighted by molar-refractivity contribution is 5.85. The number of methoxy groups -OCH3 is 1. The van der Waals surface area contributed by atoms with Crippen molar-refractivity contribution in [2.24, 2.45) is 0 Å². The van der Waals surface area contributed by atoms with Crippen molar-refractivity contribution >= 4 is 12.4 Å². The third-order valence-electron chi connectivity index (χ3n) is 2.39. The number of hydrogen-bond donors (Lipinski definition) is 1. The van der Waals surface area contributed by atoms with E-state index in [2.05, 4.69) is 11.4 Å². The highest BCUT2D eigenvalue weighted by Crippen LogP contribution is 2.22. The molecular weight excluding hydrogens is 214 g/mol. The van der Waals surface area contributed by atoms with Gasteiger partial charge in [0, 0.05) is 13.1 Å². The Morgan fingerprint density at radius 1 is 1.47 bits per heavy atom. The summed E-state index contributed by atoms with van der Waals surface area (Å²) in [6, 6.07) is 8.03. The zero-order chi connectivity index (χ0) is 9.80. The molecule has 0 radical (unpaired) electrons. The maximum absolute atomic E-state index is 5.65. The van der Waals surface area contributed by atoms with E-state index in [9.17, 15) is 0 Å². The van der Waals surface area contributed by atoms with Crippen LogP contribution in [-0.4, -0.2) is 26.8 Å². The zero-order valence-corrected chi connectivity index (χ0v) is 9.55. The SMILES string of the molecule is COc1cccc(C2CNCCO2)c1.Cl. The fourth-order valence-electron chi connectivity index (χ4n) is 1.62. The quantitative estimate of drug-likeness (QED) is 0.839. The molecule has 0 aliphatic carbocycles. The minimum Gasteiger partial charge on any atom is -0.497 e. The van der Waals surface area contributed by atoms with E-state index in [1.54, 1.807) is 7.11 Å². The normalized spacial score (nSPS) is 20.5. The third-order valence-corrected chi connectivity index (χ3v) is 2.39. The molecule has 0 amide bonds. The van der Waals surface area contributed by atoms with Crippen molar-refractivity contribution in [2.75, 3.05) is 26.8 Å². The molecule has 1 aromatic rings. The van der Waals surface area contributed by atoms with Crippen molar-refractivity contribution in [3.05, 3.63) is 29.8 Å². The van der Waals surface area contributed by atoms with Gasteiger partial charge in [-0.2, -0.15) is 0 Å². The van der Waals surface area contributed by atoms with E-state index in [4.69, 9.17) is 9.47 Å². The first-order chi connectivity index (χ1) is 6.90. The predicted octanol–water partition coefficient (Wildman–Crippen LogP) is 1.78. The van der Waals surface area contributed by atoms with Crippen molar-refractivity contribution in [1.29, 1.82) is 0 Å². The Morgan fingerprint density at radius 2 is 2.33 bits per heavy atom. The lowest BCUT2D eigenvalue weighted by Gasteiger charge is -2.24. The van der Waals surface area contributed by atoms with Crippen molar-refractivity contribution < 1.29 is 9.47 Å². The lowest BCUT2D eigenvalue weighted by Crippen LogP contribution is -2.33. The lowest BCUT2D eigenvalue weighted by molar-refractivity contribution is 0.0276. The van der Waals surface area contributed by atoms with Gasteiger partial charge in [0.1, 0.15) is 5.75 Å². The smallest absolute Gasteiger partial charge is 0.119 e. The molecule has 0 aromatic heterocycles. The number of morpholine rings is 1. The molecule has 15 heavy (non-hydrogen) atoms. The van der Waals surface area contributed by atoms with Crippen molar-refractivity contribution in [3.8, 4) is 5.75 Å². The van der Waals surface area contributed by atoms with Crippen LogP contribution in [0.2, 0.25) is 0 Å². The highest BCUT2D eigenvalue weighted by atomic mass is 35.5. The van der Waals surface area contributed by atoms with Gasteiger partial charge in [-0.05, 0) is 17.7 Å². The van der Waals surface area contributed by atoms with Gasteiger partial charge in [-0.3, -0.25) is 0 Å². The summed E-state index contributed by atoms with van der Waals surface area (Å²) >= 11 is 0. The Bertz CT molecular complexity index is 300. The van der Waals surface area contributed by atoms with Gasteiger partial charge in [0.05, 0.1) is 19.8 Å². The summed E-state index contributed by atoms with van der Waals surface area (Å²) in [5, 5.41) is 3.30. The molecule has 1 aromatic carbocycles. The van der Waals surface area contributed by atoms with Crippen molar-refractivity contribution in [3.63, 3.8) is 0 Å². The summed E-state index contributed by atoms with van der Waals surface area (Å²) in [6.45, 7) is 2.61. The topological polar surface area (TPSA) is 30.5 Å². The minimum atomic E-state index is 0. The Labute approximate surface area is 96.2 Å². The van der Waals surface area contributed by atoms with Crippen LogP contribution in [0.25, 0.3) is 0 Å². The van der Waals surface area contributed by atoms with Gasteiger partial charge in [-0.1, -0.05) is 12.1 Å². The molecule has 3 nitrogen and oxygen atoms in total. The number of ether oxygens (including phenoxy) is 2. The highest BCUT2D eigenvalue weighted by Gasteiger charge is 2.15. The summed E-state index contributed by atoms with van der Waals surface area (Å²) in [5.74, 6) is 0.886. The van der Waals surface area contributed by atoms with Gasteiger partial charge in [0.15, 0.2) is 0 Å². The van der Waals surface area contributed by atoms with Gasteiger partial charge in [0.25, 0.3) is 0 Å². The maximum Gasteiger partial charge on any atom is 0.119 e. The van der Waals surface area contributed by atoms with E-state index in [0.717, 1.165) is 25.4 Å². The standard InChI is InChI=1S/C11H15NO2.ClH/c1-13-10-4-2-3-9(7-10)11-8-12-5-6-14-11;/h2-4,7,11-12H,5-6,8H2,1H3;1H. The van der Waals surface area contributed by atoms with Crippen LogP contribution in [0.5, 0.6) is 5.75 Å². The number of benzene rings is 1. The van der Waals surface area contributed by atoms with E-state index in [1.807, 2.05) is 18.2 Å². The van der Waals surface area contributed by atoms with Gasteiger partial charge >= 0.3 is 0 Å². The second kappa shape index (κ2) is 5.95.